The number of rotatable bonds is 5. The molecule has 0 bridgehead atoms. The summed E-state index contributed by atoms with van der Waals surface area (Å²) in [5.41, 5.74) is 1.18. The third-order valence-electron chi connectivity index (χ3n) is 2.74. The van der Waals surface area contributed by atoms with Crippen LogP contribution < -0.4 is 5.32 Å². The lowest BCUT2D eigenvalue weighted by atomic mass is 10.2. The van der Waals surface area contributed by atoms with Crippen molar-refractivity contribution in [3.05, 3.63) is 64.0 Å². The summed E-state index contributed by atoms with van der Waals surface area (Å²) >= 11 is 1.65. The van der Waals surface area contributed by atoms with Gasteiger partial charge < -0.3 is 5.32 Å². The molecule has 0 aliphatic heterocycles. The highest BCUT2D eigenvalue weighted by Crippen LogP contribution is 2.20. The van der Waals surface area contributed by atoms with Crippen molar-refractivity contribution in [1.82, 2.24) is 0 Å². The Morgan fingerprint density at radius 3 is 2.55 bits per heavy atom. The number of hydrogen-bond acceptors (Lipinski definition) is 4. The molecule has 1 N–H and O–H groups in total. The zero-order valence-electron chi connectivity index (χ0n) is 10.8. The number of benzene rings is 2. The molecule has 4 nitrogen and oxygen atoms in total. The average molecular weight is 292 g/mol. The first-order chi connectivity index (χ1) is 9.58. The highest BCUT2D eigenvalue weighted by Gasteiger charge is 2.09. The molecule has 0 aromatic heterocycles. The second kappa shape index (κ2) is 6.38. The van der Waals surface area contributed by atoms with E-state index in [1.54, 1.807) is 11.8 Å². The van der Waals surface area contributed by atoms with Gasteiger partial charge in [-0.05, 0) is 42.2 Å². The summed E-state index contributed by atoms with van der Waals surface area (Å²) in [4.78, 5) is 11.2. The number of nitro benzene ring substituents is 1. The molecule has 2 aromatic rings. The Morgan fingerprint density at radius 1 is 1.25 bits per heavy atom. The molecule has 6 heteroatoms. The minimum absolute atomic E-state index is 0.237. The van der Waals surface area contributed by atoms with Crippen LogP contribution in [0.25, 0.3) is 0 Å². The van der Waals surface area contributed by atoms with Crippen molar-refractivity contribution >= 4 is 23.1 Å². The van der Waals surface area contributed by atoms with Crippen LogP contribution in [0.2, 0.25) is 0 Å². The van der Waals surface area contributed by atoms with Crippen LogP contribution in [0.5, 0.6) is 0 Å². The molecule has 0 saturated heterocycles. The van der Waals surface area contributed by atoms with Gasteiger partial charge in [0.15, 0.2) is 0 Å². The van der Waals surface area contributed by atoms with E-state index >= 15 is 0 Å². The van der Waals surface area contributed by atoms with E-state index in [-0.39, 0.29) is 5.69 Å². The van der Waals surface area contributed by atoms with E-state index in [0.717, 1.165) is 16.6 Å². The minimum atomic E-state index is -0.603. The van der Waals surface area contributed by atoms with Gasteiger partial charge in [-0.3, -0.25) is 10.1 Å². The highest BCUT2D eigenvalue weighted by atomic mass is 32.2. The summed E-state index contributed by atoms with van der Waals surface area (Å²) in [6, 6.07) is 11.3. The van der Waals surface area contributed by atoms with Crippen molar-refractivity contribution in [2.75, 3.05) is 11.6 Å². The zero-order chi connectivity index (χ0) is 14.5. The molecule has 0 aliphatic rings. The Kier molecular flexibility index (Phi) is 4.57. The van der Waals surface area contributed by atoms with E-state index in [9.17, 15) is 14.5 Å². The van der Waals surface area contributed by atoms with Crippen LogP contribution in [-0.2, 0) is 6.54 Å². The lowest BCUT2D eigenvalue weighted by Crippen LogP contribution is -2.01. The van der Waals surface area contributed by atoms with Gasteiger partial charge in [0.05, 0.1) is 11.0 Å². The Balaban J connectivity index is 2.08. The highest BCUT2D eigenvalue weighted by molar-refractivity contribution is 7.98. The van der Waals surface area contributed by atoms with E-state index in [1.165, 1.54) is 12.1 Å². The maximum Gasteiger partial charge on any atom is 0.272 e. The largest absolute Gasteiger partial charge is 0.381 e. The minimum Gasteiger partial charge on any atom is -0.381 e. The van der Waals surface area contributed by atoms with E-state index in [1.807, 2.05) is 30.5 Å². The molecule has 2 rings (SSSR count). The van der Waals surface area contributed by atoms with Crippen LogP contribution in [-0.4, -0.2) is 11.2 Å². The third-order valence-corrected chi connectivity index (χ3v) is 3.48. The number of nitrogens with zero attached hydrogens (tertiary/aromatic N) is 1. The predicted molar refractivity (Wildman–Crippen MR) is 78.6 cm³/mol. The van der Waals surface area contributed by atoms with Gasteiger partial charge in [0, 0.05) is 23.2 Å². The maximum atomic E-state index is 13.3. The number of thioether (sulfide) groups is 1. The van der Waals surface area contributed by atoms with Gasteiger partial charge in [-0.1, -0.05) is 0 Å². The van der Waals surface area contributed by atoms with Crippen LogP contribution in [0.3, 0.4) is 0 Å². The molecule has 0 heterocycles. The maximum absolute atomic E-state index is 13.3. The molecule has 0 atom stereocenters. The van der Waals surface area contributed by atoms with Crippen molar-refractivity contribution in [3.63, 3.8) is 0 Å². The van der Waals surface area contributed by atoms with E-state index < -0.39 is 10.7 Å². The van der Waals surface area contributed by atoms with Crippen LogP contribution >= 0.6 is 11.8 Å². The first-order valence-corrected chi connectivity index (χ1v) is 7.13. The molecular weight excluding hydrogens is 279 g/mol. The monoisotopic (exact) mass is 292 g/mol. The number of anilines is 1. The van der Waals surface area contributed by atoms with Crippen molar-refractivity contribution in [3.8, 4) is 0 Å². The molecule has 2 aromatic carbocycles. The molecule has 104 valence electrons. The molecule has 0 saturated carbocycles. The lowest BCUT2D eigenvalue weighted by molar-refractivity contribution is -0.385. The Hall–Kier alpha value is -2.08. The molecule has 20 heavy (non-hydrogen) atoms. The lowest BCUT2D eigenvalue weighted by Gasteiger charge is -2.07. The first-order valence-electron chi connectivity index (χ1n) is 5.90. The summed E-state index contributed by atoms with van der Waals surface area (Å²) in [6.45, 7) is 0.331. The second-order valence-corrected chi connectivity index (χ2v) is 5.04. The Labute approximate surface area is 120 Å². The normalized spacial score (nSPS) is 10.3. The standard InChI is InChI=1S/C14H13FN2O2S/c1-20-14-4-2-12(3-5-14)16-9-10-6-11(15)8-13(7-10)17(18)19/h2-8,16H,9H2,1H3. The number of nitrogens with one attached hydrogen (secondary N) is 1. The van der Waals surface area contributed by atoms with Crippen molar-refractivity contribution < 1.29 is 9.31 Å². The van der Waals surface area contributed by atoms with Gasteiger partial charge in [0.25, 0.3) is 5.69 Å². The zero-order valence-corrected chi connectivity index (χ0v) is 11.6. The number of nitro groups is 1. The molecular formula is C14H13FN2O2S. The fourth-order valence-corrected chi connectivity index (χ4v) is 2.16. The van der Waals surface area contributed by atoms with Gasteiger partial charge in [0.1, 0.15) is 5.82 Å². The predicted octanol–water partition coefficient (Wildman–Crippen LogP) is 4.07. The Morgan fingerprint density at radius 2 is 1.95 bits per heavy atom. The molecule has 0 spiro atoms. The molecule has 0 aliphatic carbocycles. The molecule has 0 fully saturated rings. The van der Waals surface area contributed by atoms with Gasteiger partial charge >= 0.3 is 0 Å². The van der Waals surface area contributed by atoms with Crippen LogP contribution in [0, 0.1) is 15.9 Å². The van der Waals surface area contributed by atoms with Gasteiger partial charge in [0.2, 0.25) is 0 Å². The fraction of sp³-hybridized carbons (Fsp3) is 0.143. The van der Waals surface area contributed by atoms with Gasteiger partial charge in [-0.2, -0.15) is 0 Å². The summed E-state index contributed by atoms with van der Waals surface area (Å²) in [5, 5.41) is 13.8. The van der Waals surface area contributed by atoms with Crippen LogP contribution in [0.15, 0.2) is 47.4 Å². The summed E-state index contributed by atoms with van der Waals surface area (Å²) in [6.07, 6.45) is 1.99. The van der Waals surface area contributed by atoms with E-state index in [0.29, 0.717) is 12.1 Å². The fourth-order valence-electron chi connectivity index (χ4n) is 1.75. The van der Waals surface area contributed by atoms with Crippen LogP contribution in [0.1, 0.15) is 5.56 Å². The Bertz CT molecular complexity index is 617. The third kappa shape index (κ3) is 3.71. The molecule has 0 amide bonds. The van der Waals surface area contributed by atoms with Crippen molar-refractivity contribution in [2.45, 2.75) is 11.4 Å². The van der Waals surface area contributed by atoms with E-state index in [4.69, 9.17) is 0 Å². The van der Waals surface area contributed by atoms with Gasteiger partial charge in [-0.15, -0.1) is 11.8 Å². The summed E-state index contributed by atoms with van der Waals surface area (Å²) in [5.74, 6) is -0.603. The smallest absolute Gasteiger partial charge is 0.272 e. The quantitative estimate of drug-likeness (QED) is 0.513. The van der Waals surface area contributed by atoms with Crippen molar-refractivity contribution in [1.29, 1.82) is 0 Å². The van der Waals surface area contributed by atoms with Crippen molar-refractivity contribution in [2.24, 2.45) is 0 Å². The average Bonchev–Trinajstić information content (AvgIpc) is 2.45. The number of halogens is 1. The number of hydrogen-bond donors (Lipinski definition) is 1. The SMILES string of the molecule is CSc1ccc(NCc2cc(F)cc([N+](=O)[O-])c2)cc1. The molecule has 0 radical (unpaired) electrons. The molecule has 0 unspecified atom stereocenters. The second-order valence-electron chi connectivity index (χ2n) is 4.16. The first kappa shape index (κ1) is 14.3. The topological polar surface area (TPSA) is 55.2 Å². The summed E-state index contributed by atoms with van der Waals surface area (Å²) < 4.78 is 13.3. The van der Waals surface area contributed by atoms with Crippen LogP contribution in [0.4, 0.5) is 15.8 Å². The van der Waals surface area contributed by atoms with Gasteiger partial charge in [-0.25, -0.2) is 4.39 Å². The summed E-state index contributed by atoms with van der Waals surface area (Å²) in [7, 11) is 0. The number of non-ortho nitro benzene ring substituents is 1. The van der Waals surface area contributed by atoms with E-state index in [2.05, 4.69) is 5.32 Å².